The average molecular weight is 299 g/mol. The van der Waals surface area contributed by atoms with Crippen molar-refractivity contribution in [3.63, 3.8) is 0 Å². The SMILES string of the molecule is CN(CC(=O)Nc1ccc(F)cc1F)CC1CNCCO1. The minimum absolute atomic E-state index is 0.0228. The molecule has 1 aromatic rings. The van der Waals surface area contributed by atoms with Gasteiger partial charge in [-0.25, -0.2) is 8.78 Å². The van der Waals surface area contributed by atoms with Gasteiger partial charge in [0.1, 0.15) is 11.6 Å². The van der Waals surface area contributed by atoms with Crippen LogP contribution in [0.1, 0.15) is 0 Å². The van der Waals surface area contributed by atoms with E-state index in [9.17, 15) is 13.6 Å². The third-order valence-electron chi connectivity index (χ3n) is 3.14. The Hall–Kier alpha value is -1.57. The van der Waals surface area contributed by atoms with Crippen molar-refractivity contribution in [3.05, 3.63) is 29.8 Å². The van der Waals surface area contributed by atoms with Crippen molar-refractivity contribution < 1.29 is 18.3 Å². The zero-order valence-electron chi connectivity index (χ0n) is 11.9. The minimum Gasteiger partial charge on any atom is -0.374 e. The smallest absolute Gasteiger partial charge is 0.238 e. The van der Waals surface area contributed by atoms with Gasteiger partial charge in [-0.05, 0) is 19.2 Å². The standard InChI is InChI=1S/C14H19F2N3O2/c1-19(8-11-7-17-4-5-21-11)9-14(20)18-13-3-2-10(15)6-12(13)16/h2-3,6,11,17H,4-5,7-9H2,1H3,(H,18,20). The Morgan fingerprint density at radius 3 is 3.00 bits per heavy atom. The summed E-state index contributed by atoms with van der Waals surface area (Å²) in [6, 6.07) is 3.04. The van der Waals surface area contributed by atoms with E-state index in [0.29, 0.717) is 13.2 Å². The molecule has 1 atom stereocenters. The molecule has 0 saturated carbocycles. The number of morpholine rings is 1. The summed E-state index contributed by atoms with van der Waals surface area (Å²) in [5.74, 6) is -1.82. The van der Waals surface area contributed by atoms with E-state index in [1.807, 2.05) is 0 Å². The molecule has 0 aliphatic carbocycles. The van der Waals surface area contributed by atoms with Crippen LogP contribution in [0.25, 0.3) is 0 Å². The van der Waals surface area contributed by atoms with Crippen LogP contribution in [0.15, 0.2) is 18.2 Å². The van der Waals surface area contributed by atoms with Gasteiger partial charge in [-0.1, -0.05) is 0 Å². The van der Waals surface area contributed by atoms with Crippen molar-refractivity contribution >= 4 is 11.6 Å². The number of ether oxygens (including phenoxy) is 1. The van der Waals surface area contributed by atoms with Crippen LogP contribution in [0.3, 0.4) is 0 Å². The predicted octanol–water partition coefficient (Wildman–Crippen LogP) is 0.823. The second-order valence-corrected chi connectivity index (χ2v) is 5.07. The maximum absolute atomic E-state index is 13.4. The number of benzene rings is 1. The molecule has 116 valence electrons. The summed E-state index contributed by atoms with van der Waals surface area (Å²) in [6.45, 7) is 2.96. The van der Waals surface area contributed by atoms with E-state index in [1.165, 1.54) is 6.07 Å². The van der Waals surface area contributed by atoms with Crippen LogP contribution in [-0.2, 0) is 9.53 Å². The Kier molecular flexibility index (Phi) is 5.60. The Labute approximate surface area is 122 Å². The van der Waals surface area contributed by atoms with E-state index in [1.54, 1.807) is 11.9 Å². The first-order valence-corrected chi connectivity index (χ1v) is 6.80. The molecule has 1 fully saturated rings. The lowest BCUT2D eigenvalue weighted by molar-refractivity contribution is -0.117. The number of hydrogen-bond donors (Lipinski definition) is 2. The van der Waals surface area contributed by atoms with Crippen LogP contribution in [0.5, 0.6) is 0 Å². The highest BCUT2D eigenvalue weighted by Crippen LogP contribution is 2.14. The number of halogens is 2. The van der Waals surface area contributed by atoms with Gasteiger partial charge in [0.25, 0.3) is 0 Å². The number of likely N-dealkylation sites (N-methyl/N-ethyl adjacent to an activating group) is 1. The highest BCUT2D eigenvalue weighted by Gasteiger charge is 2.17. The number of carbonyl (C=O) groups excluding carboxylic acids is 1. The van der Waals surface area contributed by atoms with Crippen LogP contribution in [0, 0.1) is 11.6 Å². The Morgan fingerprint density at radius 2 is 2.33 bits per heavy atom. The zero-order valence-corrected chi connectivity index (χ0v) is 11.9. The van der Waals surface area contributed by atoms with Gasteiger partial charge in [0.15, 0.2) is 0 Å². The van der Waals surface area contributed by atoms with Gasteiger partial charge in [-0.2, -0.15) is 0 Å². The molecule has 0 aromatic heterocycles. The maximum Gasteiger partial charge on any atom is 0.238 e. The average Bonchev–Trinajstić information content (AvgIpc) is 2.43. The lowest BCUT2D eigenvalue weighted by Gasteiger charge is -2.27. The Bertz CT molecular complexity index is 493. The second kappa shape index (κ2) is 7.44. The van der Waals surface area contributed by atoms with Gasteiger partial charge in [0, 0.05) is 25.7 Å². The fourth-order valence-electron chi connectivity index (χ4n) is 2.17. The van der Waals surface area contributed by atoms with E-state index in [0.717, 1.165) is 25.2 Å². The van der Waals surface area contributed by atoms with Crippen molar-refractivity contribution in [2.75, 3.05) is 45.2 Å². The largest absolute Gasteiger partial charge is 0.374 e. The predicted molar refractivity (Wildman–Crippen MR) is 75.1 cm³/mol. The van der Waals surface area contributed by atoms with Crippen LogP contribution < -0.4 is 10.6 Å². The van der Waals surface area contributed by atoms with E-state index in [-0.39, 0.29) is 24.2 Å². The molecule has 0 bridgehead atoms. The van der Waals surface area contributed by atoms with Gasteiger partial charge in [0.2, 0.25) is 5.91 Å². The molecule has 1 saturated heterocycles. The van der Waals surface area contributed by atoms with E-state index in [2.05, 4.69) is 10.6 Å². The van der Waals surface area contributed by atoms with Crippen LogP contribution in [0.2, 0.25) is 0 Å². The number of rotatable bonds is 5. The van der Waals surface area contributed by atoms with Crippen molar-refractivity contribution in [1.29, 1.82) is 0 Å². The molecular weight excluding hydrogens is 280 g/mol. The fraction of sp³-hybridized carbons (Fsp3) is 0.500. The monoisotopic (exact) mass is 299 g/mol. The number of anilines is 1. The van der Waals surface area contributed by atoms with Crippen molar-refractivity contribution in [2.24, 2.45) is 0 Å². The maximum atomic E-state index is 13.4. The quantitative estimate of drug-likeness (QED) is 0.845. The van der Waals surface area contributed by atoms with Crippen LogP contribution in [-0.4, -0.2) is 56.7 Å². The molecule has 1 heterocycles. The third kappa shape index (κ3) is 5.04. The molecular formula is C14H19F2N3O2. The molecule has 7 heteroatoms. The molecule has 2 N–H and O–H groups in total. The Balaban J connectivity index is 1.80. The molecule has 1 aromatic carbocycles. The van der Waals surface area contributed by atoms with E-state index >= 15 is 0 Å². The zero-order chi connectivity index (χ0) is 15.2. The van der Waals surface area contributed by atoms with Gasteiger partial charge in [-0.15, -0.1) is 0 Å². The first-order chi connectivity index (χ1) is 10.0. The second-order valence-electron chi connectivity index (χ2n) is 5.07. The molecule has 1 unspecified atom stereocenters. The minimum atomic E-state index is -0.786. The Morgan fingerprint density at radius 1 is 1.52 bits per heavy atom. The molecule has 1 aliphatic rings. The summed E-state index contributed by atoms with van der Waals surface area (Å²) in [5.41, 5.74) is -0.0228. The normalized spacial score (nSPS) is 18.8. The summed E-state index contributed by atoms with van der Waals surface area (Å²) in [5, 5.41) is 5.64. The molecule has 0 spiro atoms. The number of carbonyl (C=O) groups is 1. The third-order valence-corrected chi connectivity index (χ3v) is 3.14. The highest BCUT2D eigenvalue weighted by molar-refractivity contribution is 5.92. The van der Waals surface area contributed by atoms with Crippen LogP contribution >= 0.6 is 0 Å². The molecule has 2 rings (SSSR count). The summed E-state index contributed by atoms with van der Waals surface area (Å²) >= 11 is 0. The summed E-state index contributed by atoms with van der Waals surface area (Å²) in [7, 11) is 1.79. The van der Waals surface area contributed by atoms with Crippen molar-refractivity contribution in [2.45, 2.75) is 6.10 Å². The number of nitrogens with one attached hydrogen (secondary N) is 2. The molecule has 0 radical (unpaired) electrons. The van der Waals surface area contributed by atoms with Crippen molar-refractivity contribution in [1.82, 2.24) is 10.2 Å². The number of amides is 1. The molecule has 1 amide bonds. The van der Waals surface area contributed by atoms with Gasteiger partial charge in [-0.3, -0.25) is 9.69 Å². The molecule has 5 nitrogen and oxygen atoms in total. The number of hydrogen-bond acceptors (Lipinski definition) is 4. The summed E-state index contributed by atoms with van der Waals surface area (Å²) < 4.78 is 31.7. The first-order valence-electron chi connectivity index (χ1n) is 6.80. The number of nitrogens with zero attached hydrogens (tertiary/aromatic N) is 1. The lowest BCUT2D eigenvalue weighted by atomic mass is 10.2. The first kappa shape index (κ1) is 15.8. The van der Waals surface area contributed by atoms with Crippen molar-refractivity contribution in [3.8, 4) is 0 Å². The summed E-state index contributed by atoms with van der Waals surface area (Å²) in [4.78, 5) is 13.6. The van der Waals surface area contributed by atoms with Gasteiger partial charge < -0.3 is 15.4 Å². The summed E-state index contributed by atoms with van der Waals surface area (Å²) in [6.07, 6.45) is 0.0408. The van der Waals surface area contributed by atoms with E-state index in [4.69, 9.17) is 4.74 Å². The van der Waals surface area contributed by atoms with Crippen LogP contribution in [0.4, 0.5) is 14.5 Å². The topological polar surface area (TPSA) is 53.6 Å². The molecule has 21 heavy (non-hydrogen) atoms. The molecule has 1 aliphatic heterocycles. The van der Waals surface area contributed by atoms with Gasteiger partial charge in [0.05, 0.1) is 24.9 Å². The fourth-order valence-corrected chi connectivity index (χ4v) is 2.17. The highest BCUT2D eigenvalue weighted by atomic mass is 19.1. The van der Waals surface area contributed by atoms with E-state index < -0.39 is 11.6 Å². The van der Waals surface area contributed by atoms with Gasteiger partial charge >= 0.3 is 0 Å². The lowest BCUT2D eigenvalue weighted by Crippen LogP contribution is -2.45.